The molecule has 4 heteroatoms. The molecule has 0 bridgehead atoms. The Labute approximate surface area is 107 Å². The van der Waals surface area contributed by atoms with Crippen LogP contribution in [0.5, 0.6) is 0 Å². The van der Waals surface area contributed by atoms with Crippen molar-refractivity contribution >= 4 is 0 Å². The average Bonchev–Trinajstić information content (AvgIpc) is 2.77. The lowest BCUT2D eigenvalue weighted by atomic mass is 10.2. The lowest BCUT2D eigenvalue weighted by Crippen LogP contribution is -2.31. The second kappa shape index (κ2) is 4.55. The summed E-state index contributed by atoms with van der Waals surface area (Å²) in [4.78, 5) is 7.04. The summed E-state index contributed by atoms with van der Waals surface area (Å²) in [5, 5.41) is 0. The zero-order valence-corrected chi connectivity index (χ0v) is 10.6. The fourth-order valence-electron chi connectivity index (χ4n) is 2.53. The largest absolute Gasteiger partial charge is 0.325 e. The summed E-state index contributed by atoms with van der Waals surface area (Å²) in [5.41, 5.74) is 9.28. The first-order valence-electron chi connectivity index (χ1n) is 6.32. The van der Waals surface area contributed by atoms with Crippen molar-refractivity contribution in [2.24, 2.45) is 5.73 Å². The molecule has 18 heavy (non-hydrogen) atoms. The van der Waals surface area contributed by atoms with Crippen molar-refractivity contribution in [1.29, 1.82) is 0 Å². The maximum absolute atomic E-state index is 5.82. The van der Waals surface area contributed by atoms with E-state index in [0.717, 1.165) is 31.2 Å². The molecule has 0 saturated heterocycles. The van der Waals surface area contributed by atoms with E-state index in [-0.39, 0.29) is 0 Å². The Morgan fingerprint density at radius 1 is 1.22 bits per heavy atom. The highest BCUT2D eigenvalue weighted by Gasteiger charge is 2.21. The average molecular weight is 242 g/mol. The van der Waals surface area contributed by atoms with Crippen LogP contribution >= 0.6 is 0 Å². The Morgan fingerprint density at radius 3 is 2.72 bits per heavy atom. The molecule has 2 aromatic rings. The van der Waals surface area contributed by atoms with Gasteiger partial charge in [-0.15, -0.1) is 0 Å². The van der Waals surface area contributed by atoms with Crippen molar-refractivity contribution in [1.82, 2.24) is 14.5 Å². The molecule has 0 fully saturated rings. The predicted octanol–water partition coefficient (Wildman–Crippen LogP) is 1.45. The zero-order valence-electron chi connectivity index (χ0n) is 10.6. The van der Waals surface area contributed by atoms with Gasteiger partial charge in [0.15, 0.2) is 0 Å². The van der Waals surface area contributed by atoms with Gasteiger partial charge in [-0.3, -0.25) is 4.90 Å². The molecule has 3 rings (SSSR count). The third kappa shape index (κ3) is 1.83. The number of likely N-dealkylation sites (N-methyl/N-ethyl adjacent to an activating group) is 1. The van der Waals surface area contributed by atoms with Crippen LogP contribution in [-0.2, 0) is 19.6 Å². The van der Waals surface area contributed by atoms with Gasteiger partial charge in [0.25, 0.3) is 0 Å². The molecule has 4 nitrogen and oxygen atoms in total. The van der Waals surface area contributed by atoms with Crippen LogP contribution in [-0.4, -0.2) is 28.0 Å². The van der Waals surface area contributed by atoms with Crippen molar-refractivity contribution in [2.75, 3.05) is 13.6 Å². The highest BCUT2D eigenvalue weighted by Crippen LogP contribution is 2.25. The number of fused-ring (bicyclic) bond motifs is 1. The van der Waals surface area contributed by atoms with E-state index < -0.39 is 0 Å². The Hall–Kier alpha value is -1.65. The van der Waals surface area contributed by atoms with E-state index >= 15 is 0 Å². The first-order valence-corrected chi connectivity index (χ1v) is 6.32. The second-order valence-corrected chi connectivity index (χ2v) is 4.79. The first kappa shape index (κ1) is 11.4. The van der Waals surface area contributed by atoms with Crippen molar-refractivity contribution in [3.05, 3.63) is 41.7 Å². The molecular weight excluding hydrogens is 224 g/mol. The minimum Gasteiger partial charge on any atom is -0.325 e. The minimum absolute atomic E-state index is 0.510. The summed E-state index contributed by atoms with van der Waals surface area (Å²) in [5.74, 6) is 1.05. The summed E-state index contributed by atoms with van der Waals surface area (Å²) < 4.78 is 2.32. The number of benzene rings is 1. The molecule has 1 aliphatic rings. The van der Waals surface area contributed by atoms with Gasteiger partial charge in [-0.2, -0.15) is 0 Å². The van der Waals surface area contributed by atoms with Gasteiger partial charge in [-0.05, 0) is 7.05 Å². The van der Waals surface area contributed by atoms with Gasteiger partial charge < -0.3 is 10.3 Å². The number of rotatable bonds is 2. The van der Waals surface area contributed by atoms with Crippen molar-refractivity contribution in [3.63, 3.8) is 0 Å². The number of hydrogen-bond acceptors (Lipinski definition) is 3. The monoisotopic (exact) mass is 242 g/mol. The normalized spacial score (nSPS) is 15.7. The Balaban J connectivity index is 2.12. The van der Waals surface area contributed by atoms with Gasteiger partial charge >= 0.3 is 0 Å². The van der Waals surface area contributed by atoms with Crippen molar-refractivity contribution in [2.45, 2.75) is 19.6 Å². The summed E-state index contributed by atoms with van der Waals surface area (Å²) in [7, 11) is 2.14. The van der Waals surface area contributed by atoms with Crippen LogP contribution in [0.2, 0.25) is 0 Å². The van der Waals surface area contributed by atoms with Crippen molar-refractivity contribution in [3.8, 4) is 11.4 Å². The number of nitrogens with zero attached hydrogens (tertiary/aromatic N) is 3. The summed E-state index contributed by atoms with van der Waals surface area (Å²) in [6.07, 6.45) is 0. The fraction of sp³-hybridized carbons (Fsp3) is 0.357. The Morgan fingerprint density at radius 2 is 2.00 bits per heavy atom. The van der Waals surface area contributed by atoms with E-state index in [1.807, 2.05) is 18.2 Å². The topological polar surface area (TPSA) is 47.1 Å². The highest BCUT2D eigenvalue weighted by atomic mass is 15.2. The third-order valence-corrected chi connectivity index (χ3v) is 3.51. The second-order valence-electron chi connectivity index (χ2n) is 4.79. The van der Waals surface area contributed by atoms with E-state index in [4.69, 9.17) is 10.7 Å². The minimum atomic E-state index is 0.510. The van der Waals surface area contributed by atoms with Crippen LogP contribution in [0, 0.1) is 0 Å². The smallest absolute Gasteiger partial charge is 0.140 e. The molecule has 1 aromatic carbocycles. The van der Waals surface area contributed by atoms with E-state index in [1.54, 1.807) is 0 Å². The van der Waals surface area contributed by atoms with Gasteiger partial charge in [0.1, 0.15) is 5.82 Å². The maximum Gasteiger partial charge on any atom is 0.140 e. The molecule has 0 amide bonds. The third-order valence-electron chi connectivity index (χ3n) is 3.51. The number of imidazole rings is 1. The molecule has 2 heterocycles. The summed E-state index contributed by atoms with van der Waals surface area (Å²) in [6, 6.07) is 10.3. The molecule has 1 aromatic heterocycles. The molecule has 0 spiro atoms. The molecule has 0 aliphatic carbocycles. The molecule has 0 unspecified atom stereocenters. The standard InChI is InChI=1S/C14H18N4/c1-17-7-8-18-13(10-17)12(9-15)16-14(18)11-5-3-2-4-6-11/h2-6H,7-10,15H2,1H3. The van der Waals surface area contributed by atoms with Crippen molar-refractivity contribution < 1.29 is 0 Å². The Bertz CT molecular complexity index is 544. The molecular formula is C14H18N4. The predicted molar refractivity (Wildman–Crippen MR) is 71.9 cm³/mol. The molecule has 0 atom stereocenters. The number of aromatic nitrogens is 2. The van der Waals surface area contributed by atoms with Crippen LogP contribution < -0.4 is 5.73 Å². The molecule has 1 aliphatic heterocycles. The molecule has 0 radical (unpaired) electrons. The van der Waals surface area contributed by atoms with E-state index in [2.05, 4.69) is 28.6 Å². The van der Waals surface area contributed by atoms with Gasteiger partial charge in [-0.25, -0.2) is 4.98 Å². The van der Waals surface area contributed by atoms with Crippen LogP contribution in [0.3, 0.4) is 0 Å². The Kier molecular flexibility index (Phi) is 2.89. The van der Waals surface area contributed by atoms with E-state index in [0.29, 0.717) is 6.54 Å². The van der Waals surface area contributed by atoms with Crippen LogP contribution in [0.25, 0.3) is 11.4 Å². The quantitative estimate of drug-likeness (QED) is 0.867. The number of hydrogen-bond donors (Lipinski definition) is 1. The number of nitrogens with two attached hydrogens (primary N) is 1. The van der Waals surface area contributed by atoms with Crippen LogP contribution in [0.4, 0.5) is 0 Å². The summed E-state index contributed by atoms with van der Waals surface area (Å²) >= 11 is 0. The fourth-order valence-corrected chi connectivity index (χ4v) is 2.53. The van der Waals surface area contributed by atoms with Crippen LogP contribution in [0.15, 0.2) is 30.3 Å². The van der Waals surface area contributed by atoms with Gasteiger partial charge in [0, 0.05) is 31.7 Å². The zero-order chi connectivity index (χ0) is 12.5. The van der Waals surface area contributed by atoms with Gasteiger partial charge in [0.2, 0.25) is 0 Å². The molecule has 94 valence electrons. The lowest BCUT2D eigenvalue weighted by Gasteiger charge is -2.25. The highest BCUT2D eigenvalue weighted by molar-refractivity contribution is 5.57. The SMILES string of the molecule is CN1CCn2c(-c3ccccc3)nc(CN)c2C1. The lowest BCUT2D eigenvalue weighted by molar-refractivity contribution is 0.270. The maximum atomic E-state index is 5.82. The van der Waals surface area contributed by atoms with Crippen LogP contribution in [0.1, 0.15) is 11.4 Å². The summed E-state index contributed by atoms with van der Waals surface area (Å²) in [6.45, 7) is 3.50. The first-order chi connectivity index (χ1) is 8.79. The van der Waals surface area contributed by atoms with Gasteiger partial charge in [-0.1, -0.05) is 30.3 Å². The van der Waals surface area contributed by atoms with Gasteiger partial charge in [0.05, 0.1) is 11.4 Å². The van der Waals surface area contributed by atoms with E-state index in [9.17, 15) is 0 Å². The van der Waals surface area contributed by atoms with E-state index in [1.165, 1.54) is 11.3 Å². The molecule has 2 N–H and O–H groups in total. The molecule has 0 saturated carbocycles.